The quantitative estimate of drug-likeness (QED) is 0.526. The van der Waals surface area contributed by atoms with Crippen molar-refractivity contribution in [3.63, 3.8) is 0 Å². The molecule has 2 aromatic heterocycles. The first-order chi connectivity index (χ1) is 14.6. The smallest absolute Gasteiger partial charge is 0.265 e. The maximum Gasteiger partial charge on any atom is 0.265 e. The van der Waals surface area contributed by atoms with Crippen LogP contribution in [0.25, 0.3) is 11.0 Å². The number of amides is 1. The summed E-state index contributed by atoms with van der Waals surface area (Å²) >= 11 is 0. The summed E-state index contributed by atoms with van der Waals surface area (Å²) in [5, 5.41) is 0.775. The molecule has 1 aliphatic heterocycles. The number of nitrogens with zero attached hydrogens (tertiary/aromatic N) is 3. The molecule has 1 aliphatic rings. The fourth-order valence-electron chi connectivity index (χ4n) is 4.28. The summed E-state index contributed by atoms with van der Waals surface area (Å²) < 4.78 is 1.60. The van der Waals surface area contributed by atoms with Gasteiger partial charge in [0.2, 0.25) is 0 Å². The molecule has 1 amide bonds. The lowest BCUT2D eigenvalue weighted by atomic mass is 10.1. The normalized spacial score (nSPS) is 15.4. The van der Waals surface area contributed by atoms with Gasteiger partial charge in [0.1, 0.15) is 11.2 Å². The highest BCUT2D eigenvalue weighted by Gasteiger charge is 2.33. The standard InChI is InChI=1S/C25H21N3O2/c1-17-14-19-10-5-6-12-22(19)28(17)25(30)21-15-20-11-7-13-26-23(20)27(24(21)29)16-18-8-3-2-4-9-18/h2-13,15,17H,14,16H2,1H3/t17-/m0/s1. The van der Waals surface area contributed by atoms with E-state index in [1.165, 1.54) is 0 Å². The van der Waals surface area contributed by atoms with E-state index >= 15 is 0 Å². The molecule has 0 spiro atoms. The predicted molar refractivity (Wildman–Crippen MR) is 118 cm³/mol. The lowest BCUT2D eigenvalue weighted by Crippen LogP contribution is -2.40. The Balaban J connectivity index is 1.66. The monoisotopic (exact) mass is 395 g/mol. The van der Waals surface area contributed by atoms with Crippen LogP contribution in [0.2, 0.25) is 0 Å². The largest absolute Gasteiger partial charge is 0.305 e. The number of pyridine rings is 2. The third kappa shape index (κ3) is 2.99. The van der Waals surface area contributed by atoms with Crippen molar-refractivity contribution in [1.29, 1.82) is 0 Å². The molecule has 1 atom stereocenters. The van der Waals surface area contributed by atoms with E-state index < -0.39 is 0 Å². The summed E-state index contributed by atoms with van der Waals surface area (Å²) in [6, 6.07) is 23.0. The van der Waals surface area contributed by atoms with Crippen molar-refractivity contribution in [3.8, 4) is 0 Å². The zero-order chi connectivity index (χ0) is 20.7. The Morgan fingerprint density at radius 1 is 1.03 bits per heavy atom. The number of hydrogen-bond acceptors (Lipinski definition) is 3. The molecule has 0 radical (unpaired) electrons. The molecule has 0 bridgehead atoms. The highest BCUT2D eigenvalue weighted by molar-refractivity contribution is 6.08. The van der Waals surface area contributed by atoms with Crippen LogP contribution < -0.4 is 10.5 Å². The second-order valence-electron chi connectivity index (χ2n) is 7.71. The first kappa shape index (κ1) is 18.3. The molecule has 0 saturated carbocycles. The van der Waals surface area contributed by atoms with Crippen LogP contribution in [0.4, 0.5) is 5.69 Å². The predicted octanol–water partition coefficient (Wildman–Crippen LogP) is 4.04. The number of fused-ring (bicyclic) bond motifs is 2. The van der Waals surface area contributed by atoms with Gasteiger partial charge < -0.3 is 4.90 Å². The molecule has 2 aromatic carbocycles. The van der Waals surface area contributed by atoms with Crippen molar-refractivity contribution in [2.45, 2.75) is 25.9 Å². The molecular formula is C25H21N3O2. The molecule has 0 saturated heterocycles. The minimum absolute atomic E-state index is 0.00136. The van der Waals surface area contributed by atoms with Gasteiger partial charge >= 0.3 is 0 Å². The zero-order valence-electron chi connectivity index (χ0n) is 16.7. The molecule has 0 N–H and O–H groups in total. The first-order valence-electron chi connectivity index (χ1n) is 10.1. The first-order valence-corrected chi connectivity index (χ1v) is 10.1. The SMILES string of the molecule is C[C@H]1Cc2ccccc2N1C(=O)c1cc2cccnc2n(Cc2ccccc2)c1=O. The van der Waals surface area contributed by atoms with E-state index in [1.807, 2.05) is 73.7 Å². The van der Waals surface area contributed by atoms with Gasteiger partial charge in [0.15, 0.2) is 0 Å². The summed E-state index contributed by atoms with van der Waals surface area (Å²) in [6.07, 6.45) is 2.46. The van der Waals surface area contributed by atoms with Gasteiger partial charge in [-0.25, -0.2) is 4.98 Å². The van der Waals surface area contributed by atoms with Crippen LogP contribution >= 0.6 is 0 Å². The number of benzene rings is 2. The number of aromatic nitrogens is 2. The molecule has 4 aromatic rings. The topological polar surface area (TPSA) is 55.2 Å². The van der Waals surface area contributed by atoms with Crippen LogP contribution in [-0.4, -0.2) is 21.5 Å². The Kier molecular flexibility index (Phi) is 4.43. The number of rotatable bonds is 3. The number of anilines is 1. The van der Waals surface area contributed by atoms with Crippen molar-refractivity contribution in [3.05, 3.63) is 106 Å². The summed E-state index contributed by atoms with van der Waals surface area (Å²) in [6.45, 7) is 2.38. The van der Waals surface area contributed by atoms with E-state index in [0.717, 1.165) is 28.6 Å². The summed E-state index contributed by atoms with van der Waals surface area (Å²) in [4.78, 5) is 33.2. The Bertz CT molecular complexity index is 1310. The maximum atomic E-state index is 13.6. The van der Waals surface area contributed by atoms with Crippen LogP contribution in [0.1, 0.15) is 28.4 Å². The highest BCUT2D eigenvalue weighted by Crippen LogP contribution is 2.33. The second kappa shape index (κ2) is 7.26. The molecule has 3 heterocycles. The van der Waals surface area contributed by atoms with Gasteiger partial charge in [-0.3, -0.25) is 14.2 Å². The summed E-state index contributed by atoms with van der Waals surface area (Å²) in [5.74, 6) is -0.259. The van der Waals surface area contributed by atoms with Gasteiger partial charge in [0.05, 0.1) is 6.54 Å². The third-order valence-corrected chi connectivity index (χ3v) is 5.69. The van der Waals surface area contributed by atoms with Gasteiger partial charge in [-0.2, -0.15) is 0 Å². The molecular weight excluding hydrogens is 374 g/mol. The van der Waals surface area contributed by atoms with Crippen LogP contribution in [0, 0.1) is 0 Å². The highest BCUT2D eigenvalue weighted by atomic mass is 16.2. The lowest BCUT2D eigenvalue weighted by Gasteiger charge is -2.23. The maximum absolute atomic E-state index is 13.6. The number of para-hydroxylation sites is 1. The van der Waals surface area contributed by atoms with Crippen molar-refractivity contribution >= 4 is 22.6 Å². The molecule has 5 nitrogen and oxygen atoms in total. The second-order valence-corrected chi connectivity index (χ2v) is 7.71. The van der Waals surface area contributed by atoms with Gasteiger partial charge in [-0.05, 0) is 48.7 Å². The van der Waals surface area contributed by atoms with Crippen molar-refractivity contribution in [2.75, 3.05) is 4.90 Å². The van der Waals surface area contributed by atoms with Crippen molar-refractivity contribution < 1.29 is 4.79 Å². The molecule has 5 rings (SSSR count). The minimum atomic E-state index is -0.313. The average molecular weight is 395 g/mol. The Labute approximate surface area is 174 Å². The third-order valence-electron chi connectivity index (χ3n) is 5.69. The van der Waals surface area contributed by atoms with Crippen LogP contribution in [0.3, 0.4) is 0 Å². The van der Waals surface area contributed by atoms with E-state index in [-0.39, 0.29) is 23.1 Å². The van der Waals surface area contributed by atoms with Gasteiger partial charge in [-0.1, -0.05) is 48.5 Å². The fourth-order valence-corrected chi connectivity index (χ4v) is 4.28. The van der Waals surface area contributed by atoms with Gasteiger partial charge in [0, 0.05) is 23.3 Å². The molecule has 148 valence electrons. The number of carbonyl (C=O) groups is 1. The Morgan fingerprint density at radius 3 is 2.63 bits per heavy atom. The fraction of sp³-hybridized carbons (Fsp3) is 0.160. The molecule has 0 aliphatic carbocycles. The van der Waals surface area contributed by atoms with Crippen LogP contribution in [-0.2, 0) is 13.0 Å². The van der Waals surface area contributed by atoms with Crippen molar-refractivity contribution in [2.24, 2.45) is 0 Å². The van der Waals surface area contributed by atoms with Crippen LogP contribution in [0.5, 0.6) is 0 Å². The van der Waals surface area contributed by atoms with E-state index in [0.29, 0.717) is 12.2 Å². The van der Waals surface area contributed by atoms with E-state index in [2.05, 4.69) is 4.98 Å². The Hall–Kier alpha value is -3.73. The molecule has 5 heteroatoms. The van der Waals surface area contributed by atoms with Crippen LogP contribution in [0.15, 0.2) is 83.8 Å². The van der Waals surface area contributed by atoms with E-state index in [9.17, 15) is 9.59 Å². The summed E-state index contributed by atoms with van der Waals surface area (Å²) in [5.41, 5.74) is 3.44. The van der Waals surface area contributed by atoms with E-state index in [4.69, 9.17) is 0 Å². The van der Waals surface area contributed by atoms with Gasteiger partial charge in [-0.15, -0.1) is 0 Å². The average Bonchev–Trinajstić information content (AvgIpc) is 3.11. The van der Waals surface area contributed by atoms with E-state index in [1.54, 1.807) is 21.7 Å². The zero-order valence-corrected chi connectivity index (χ0v) is 16.7. The van der Waals surface area contributed by atoms with Gasteiger partial charge in [0.25, 0.3) is 11.5 Å². The lowest BCUT2D eigenvalue weighted by molar-refractivity contribution is 0.0979. The summed E-state index contributed by atoms with van der Waals surface area (Å²) in [7, 11) is 0. The number of carbonyl (C=O) groups excluding carboxylic acids is 1. The number of hydrogen-bond donors (Lipinski definition) is 0. The van der Waals surface area contributed by atoms with Crippen molar-refractivity contribution in [1.82, 2.24) is 9.55 Å². The minimum Gasteiger partial charge on any atom is -0.305 e. The molecule has 30 heavy (non-hydrogen) atoms. The Morgan fingerprint density at radius 2 is 1.80 bits per heavy atom. The molecule has 0 fully saturated rings. The molecule has 0 unspecified atom stereocenters.